The highest BCUT2D eigenvalue weighted by Crippen LogP contribution is 2.36. The molecule has 1 N–H and O–H groups in total. The number of carbonyl (C=O) groups excluding carboxylic acids is 1. The Morgan fingerprint density at radius 2 is 1.46 bits per heavy atom. The zero-order valence-corrected chi connectivity index (χ0v) is 16.1. The van der Waals surface area contributed by atoms with Crippen LogP contribution in [-0.2, 0) is 4.79 Å². The summed E-state index contributed by atoms with van der Waals surface area (Å²) in [6, 6.07) is 20.9. The molecule has 0 saturated carbocycles. The van der Waals surface area contributed by atoms with E-state index in [2.05, 4.69) is 74.3 Å². The van der Waals surface area contributed by atoms with Gasteiger partial charge < -0.3 is 5.32 Å². The van der Waals surface area contributed by atoms with Crippen molar-refractivity contribution in [2.75, 3.05) is 0 Å². The lowest BCUT2D eigenvalue weighted by Gasteiger charge is -2.15. The molecule has 4 aromatic rings. The van der Waals surface area contributed by atoms with Gasteiger partial charge in [0.05, 0.1) is 17.1 Å². The Bertz CT molecular complexity index is 1130. The first-order chi connectivity index (χ1) is 13.6. The molecule has 138 valence electrons. The van der Waals surface area contributed by atoms with Crippen molar-refractivity contribution in [3.63, 3.8) is 0 Å². The molecular weight excluding hydrogens is 344 g/mol. The third-order valence-electron chi connectivity index (χ3n) is 5.13. The normalized spacial score (nSPS) is 12.1. The molecule has 3 heteroatoms. The first kappa shape index (κ1) is 17.9. The van der Waals surface area contributed by atoms with E-state index in [4.69, 9.17) is 4.98 Å². The van der Waals surface area contributed by atoms with E-state index in [0.717, 1.165) is 32.9 Å². The van der Waals surface area contributed by atoms with Crippen molar-refractivity contribution >= 4 is 28.2 Å². The van der Waals surface area contributed by atoms with Gasteiger partial charge in [0.2, 0.25) is 6.41 Å². The summed E-state index contributed by atoms with van der Waals surface area (Å²) in [4.78, 5) is 15.7. The molecule has 1 aromatic heterocycles. The summed E-state index contributed by atoms with van der Waals surface area (Å²) in [5.41, 5.74) is 7.73. The van der Waals surface area contributed by atoms with Crippen LogP contribution in [0.2, 0.25) is 0 Å². The van der Waals surface area contributed by atoms with Gasteiger partial charge in [-0.05, 0) is 49.2 Å². The molecule has 3 aromatic carbocycles. The molecule has 1 atom stereocenters. The van der Waals surface area contributed by atoms with Gasteiger partial charge in [-0.1, -0.05) is 53.6 Å². The SMILES string of the molecule is C=CC(NC=O)c1ccc(-c2c3cc(C)ccc3nc3ccc(C)cc23)cc1. The first-order valence-corrected chi connectivity index (χ1v) is 9.34. The maximum atomic E-state index is 10.8. The lowest BCUT2D eigenvalue weighted by atomic mass is 9.93. The molecule has 0 spiro atoms. The van der Waals surface area contributed by atoms with Crippen LogP contribution in [0, 0.1) is 13.8 Å². The standard InChI is InChI=1S/C25H22N2O/c1-4-22(26-15-28)18-7-9-19(10-8-18)25-20-13-16(2)5-11-23(20)27-24-12-6-17(3)14-21(24)25/h4-15,22H,1H2,2-3H3,(H,26,28). The molecule has 0 aliphatic heterocycles. The van der Waals surface area contributed by atoms with Gasteiger partial charge in [-0.15, -0.1) is 6.58 Å². The van der Waals surface area contributed by atoms with Crippen LogP contribution in [-0.4, -0.2) is 11.4 Å². The Morgan fingerprint density at radius 1 is 0.893 bits per heavy atom. The molecule has 0 aliphatic carbocycles. The van der Waals surface area contributed by atoms with Crippen molar-refractivity contribution in [2.24, 2.45) is 0 Å². The molecule has 1 unspecified atom stereocenters. The summed E-state index contributed by atoms with van der Waals surface area (Å²) in [7, 11) is 0. The first-order valence-electron chi connectivity index (χ1n) is 9.34. The summed E-state index contributed by atoms with van der Waals surface area (Å²) in [5, 5.41) is 5.07. The molecule has 0 bridgehead atoms. The number of nitrogens with one attached hydrogen (secondary N) is 1. The number of fused-ring (bicyclic) bond motifs is 2. The van der Waals surface area contributed by atoms with Crippen LogP contribution in [0.5, 0.6) is 0 Å². The fraction of sp³-hybridized carbons (Fsp3) is 0.120. The van der Waals surface area contributed by atoms with E-state index in [1.165, 1.54) is 16.7 Å². The van der Waals surface area contributed by atoms with Gasteiger partial charge >= 0.3 is 0 Å². The van der Waals surface area contributed by atoms with E-state index < -0.39 is 0 Å². The Morgan fingerprint density at radius 3 is 1.96 bits per heavy atom. The number of amides is 1. The molecule has 0 fully saturated rings. The summed E-state index contributed by atoms with van der Waals surface area (Å²) < 4.78 is 0. The molecule has 1 amide bonds. The largest absolute Gasteiger partial charge is 0.348 e. The van der Waals surface area contributed by atoms with Crippen LogP contribution < -0.4 is 5.32 Å². The van der Waals surface area contributed by atoms with Gasteiger partial charge in [0.25, 0.3) is 0 Å². The highest BCUT2D eigenvalue weighted by molar-refractivity contribution is 6.09. The average Bonchev–Trinajstić information content (AvgIpc) is 2.71. The van der Waals surface area contributed by atoms with E-state index in [1.807, 2.05) is 12.1 Å². The third-order valence-corrected chi connectivity index (χ3v) is 5.13. The molecule has 3 nitrogen and oxygen atoms in total. The van der Waals surface area contributed by atoms with Crippen LogP contribution in [0.4, 0.5) is 0 Å². The van der Waals surface area contributed by atoms with Gasteiger partial charge in [0.15, 0.2) is 0 Å². The maximum Gasteiger partial charge on any atom is 0.207 e. The number of nitrogens with zero attached hydrogens (tertiary/aromatic N) is 1. The fourth-order valence-corrected chi connectivity index (χ4v) is 3.71. The van der Waals surface area contributed by atoms with Crippen molar-refractivity contribution in [3.8, 4) is 11.1 Å². The van der Waals surface area contributed by atoms with Crippen LogP contribution in [0.3, 0.4) is 0 Å². The molecule has 4 rings (SSSR count). The van der Waals surface area contributed by atoms with Gasteiger partial charge in [-0.2, -0.15) is 0 Å². The molecule has 0 radical (unpaired) electrons. The Balaban J connectivity index is 1.97. The Kier molecular flexibility index (Phi) is 4.66. The van der Waals surface area contributed by atoms with Crippen LogP contribution in [0.15, 0.2) is 73.3 Å². The lowest BCUT2D eigenvalue weighted by molar-refractivity contribution is -0.109. The van der Waals surface area contributed by atoms with Crippen molar-refractivity contribution in [1.29, 1.82) is 0 Å². The minimum Gasteiger partial charge on any atom is -0.348 e. The second-order valence-corrected chi connectivity index (χ2v) is 7.15. The molecule has 0 aliphatic rings. The van der Waals surface area contributed by atoms with Gasteiger partial charge in [-0.25, -0.2) is 4.98 Å². The van der Waals surface area contributed by atoms with Crippen molar-refractivity contribution in [2.45, 2.75) is 19.9 Å². The smallest absolute Gasteiger partial charge is 0.207 e. The maximum absolute atomic E-state index is 10.8. The topological polar surface area (TPSA) is 42.0 Å². The molecule has 1 heterocycles. The second kappa shape index (κ2) is 7.28. The summed E-state index contributed by atoms with van der Waals surface area (Å²) in [5.74, 6) is 0. The number of benzene rings is 3. The van der Waals surface area contributed by atoms with E-state index in [-0.39, 0.29) is 6.04 Å². The monoisotopic (exact) mass is 366 g/mol. The summed E-state index contributed by atoms with van der Waals surface area (Å²) >= 11 is 0. The van der Waals surface area contributed by atoms with Gasteiger partial charge in [0, 0.05) is 16.3 Å². The second-order valence-electron chi connectivity index (χ2n) is 7.15. The highest BCUT2D eigenvalue weighted by atomic mass is 16.1. The van der Waals surface area contributed by atoms with E-state index >= 15 is 0 Å². The number of aromatic nitrogens is 1. The molecule has 28 heavy (non-hydrogen) atoms. The van der Waals surface area contributed by atoms with Crippen LogP contribution in [0.25, 0.3) is 32.9 Å². The fourth-order valence-electron chi connectivity index (χ4n) is 3.71. The number of hydrogen-bond acceptors (Lipinski definition) is 2. The van der Waals surface area contributed by atoms with Gasteiger partial charge in [-0.3, -0.25) is 4.79 Å². The summed E-state index contributed by atoms with van der Waals surface area (Å²) in [6.45, 7) is 8.02. The Hall–Kier alpha value is -3.46. The minimum absolute atomic E-state index is 0.193. The Labute approximate surface area is 164 Å². The molecule has 0 saturated heterocycles. The number of pyridine rings is 1. The molecular formula is C25H22N2O. The zero-order chi connectivity index (χ0) is 19.7. The lowest BCUT2D eigenvalue weighted by Crippen LogP contribution is -2.16. The third kappa shape index (κ3) is 3.16. The van der Waals surface area contributed by atoms with Crippen molar-refractivity contribution < 1.29 is 4.79 Å². The van der Waals surface area contributed by atoms with E-state index in [9.17, 15) is 4.79 Å². The van der Waals surface area contributed by atoms with Crippen LogP contribution >= 0.6 is 0 Å². The quantitative estimate of drug-likeness (QED) is 0.282. The van der Waals surface area contributed by atoms with Crippen LogP contribution in [0.1, 0.15) is 22.7 Å². The number of carbonyl (C=O) groups is 1. The van der Waals surface area contributed by atoms with Gasteiger partial charge in [0.1, 0.15) is 0 Å². The van der Waals surface area contributed by atoms with Crippen molar-refractivity contribution in [3.05, 3.63) is 90.0 Å². The number of hydrogen-bond donors (Lipinski definition) is 1. The van der Waals surface area contributed by atoms with E-state index in [1.54, 1.807) is 6.08 Å². The average molecular weight is 366 g/mol. The summed E-state index contributed by atoms with van der Waals surface area (Å²) in [6.07, 6.45) is 2.43. The highest BCUT2D eigenvalue weighted by Gasteiger charge is 2.13. The van der Waals surface area contributed by atoms with Crippen molar-refractivity contribution in [1.82, 2.24) is 10.3 Å². The predicted molar refractivity (Wildman–Crippen MR) is 116 cm³/mol. The minimum atomic E-state index is -0.193. The van der Waals surface area contributed by atoms with E-state index in [0.29, 0.717) is 6.41 Å². The number of aryl methyl sites for hydroxylation is 2. The zero-order valence-electron chi connectivity index (χ0n) is 16.1. The number of rotatable bonds is 5. The predicted octanol–water partition coefficient (Wildman–Crippen LogP) is 5.64.